The molecule has 2 aromatic carbocycles. The number of sulfone groups is 1. The van der Waals surface area contributed by atoms with Crippen molar-refractivity contribution in [2.45, 2.75) is 30.6 Å². The molecule has 5 heteroatoms. The molecular formula is C18H19NO3S. The number of carbonyl (C=O) groups is 1. The van der Waals surface area contributed by atoms with E-state index in [1.54, 1.807) is 18.2 Å². The fraction of sp³-hybridized carbons (Fsp3) is 0.278. The second-order valence-electron chi connectivity index (χ2n) is 5.78. The van der Waals surface area contributed by atoms with E-state index in [2.05, 4.69) is 5.32 Å². The number of aryl methyl sites for hydroxylation is 2. The molecule has 1 heterocycles. The van der Waals surface area contributed by atoms with Gasteiger partial charge in [0.15, 0.2) is 9.84 Å². The highest BCUT2D eigenvalue weighted by Gasteiger charge is 2.23. The predicted octanol–water partition coefficient (Wildman–Crippen LogP) is 2.98. The lowest BCUT2D eigenvalue weighted by Crippen LogP contribution is -2.17. The Morgan fingerprint density at radius 1 is 1.09 bits per heavy atom. The van der Waals surface area contributed by atoms with Crippen molar-refractivity contribution in [3.05, 3.63) is 59.7 Å². The van der Waals surface area contributed by atoms with Gasteiger partial charge in [0.25, 0.3) is 0 Å². The fourth-order valence-corrected chi connectivity index (χ4v) is 4.42. The summed E-state index contributed by atoms with van der Waals surface area (Å²) in [6.45, 7) is 0. The third-order valence-corrected chi connectivity index (χ3v) is 5.92. The summed E-state index contributed by atoms with van der Waals surface area (Å²) < 4.78 is 24.0. The van der Waals surface area contributed by atoms with Crippen molar-refractivity contribution >= 4 is 21.4 Å². The Bertz CT molecular complexity index is 813. The third kappa shape index (κ3) is 3.79. The lowest BCUT2D eigenvalue weighted by atomic mass is 10.1. The van der Waals surface area contributed by atoms with E-state index in [1.165, 1.54) is 0 Å². The van der Waals surface area contributed by atoms with Gasteiger partial charge in [-0.1, -0.05) is 30.3 Å². The highest BCUT2D eigenvalue weighted by Crippen LogP contribution is 2.27. The van der Waals surface area contributed by atoms with Gasteiger partial charge in [0.2, 0.25) is 5.91 Å². The summed E-state index contributed by atoms with van der Waals surface area (Å²) in [7, 11) is -3.15. The molecule has 0 fully saturated rings. The van der Waals surface area contributed by atoms with Crippen LogP contribution in [0, 0.1) is 0 Å². The van der Waals surface area contributed by atoms with Crippen LogP contribution in [0.1, 0.15) is 24.0 Å². The van der Waals surface area contributed by atoms with Gasteiger partial charge in [0.1, 0.15) is 0 Å². The summed E-state index contributed by atoms with van der Waals surface area (Å²) in [6.07, 6.45) is 2.47. The summed E-state index contributed by atoms with van der Waals surface area (Å²) in [5, 5.41) is 2.86. The van der Waals surface area contributed by atoms with Crippen LogP contribution < -0.4 is 5.32 Å². The summed E-state index contributed by atoms with van der Waals surface area (Å²) in [4.78, 5) is 12.5. The van der Waals surface area contributed by atoms with Gasteiger partial charge >= 0.3 is 0 Å². The first-order valence-corrected chi connectivity index (χ1v) is 9.39. The molecule has 120 valence electrons. The molecule has 1 N–H and O–H groups in total. The van der Waals surface area contributed by atoms with Gasteiger partial charge in [0.05, 0.1) is 10.6 Å². The van der Waals surface area contributed by atoms with E-state index in [1.807, 2.05) is 30.3 Å². The van der Waals surface area contributed by atoms with E-state index in [0.29, 0.717) is 29.8 Å². The maximum Gasteiger partial charge on any atom is 0.224 e. The summed E-state index contributed by atoms with van der Waals surface area (Å²) in [5.41, 5.74) is 2.59. The number of amides is 1. The van der Waals surface area contributed by atoms with Gasteiger partial charge in [-0.3, -0.25) is 4.79 Å². The largest absolute Gasteiger partial charge is 0.326 e. The Balaban J connectivity index is 1.65. The minimum Gasteiger partial charge on any atom is -0.326 e. The monoisotopic (exact) mass is 329 g/mol. The zero-order valence-corrected chi connectivity index (χ0v) is 13.6. The fourth-order valence-electron chi connectivity index (χ4n) is 2.84. The zero-order valence-electron chi connectivity index (χ0n) is 12.8. The molecule has 23 heavy (non-hydrogen) atoms. The average molecular weight is 329 g/mol. The molecule has 0 saturated heterocycles. The van der Waals surface area contributed by atoms with Gasteiger partial charge in [-0.2, -0.15) is 0 Å². The first kappa shape index (κ1) is 15.7. The Labute approximate surface area is 136 Å². The van der Waals surface area contributed by atoms with E-state index in [0.717, 1.165) is 17.5 Å². The summed E-state index contributed by atoms with van der Waals surface area (Å²) in [5.74, 6) is 0.149. The highest BCUT2D eigenvalue weighted by atomic mass is 32.2. The van der Waals surface area contributed by atoms with Crippen molar-refractivity contribution in [3.63, 3.8) is 0 Å². The van der Waals surface area contributed by atoms with Gasteiger partial charge in [-0.15, -0.1) is 0 Å². The predicted molar refractivity (Wildman–Crippen MR) is 90.2 cm³/mol. The number of fused-ring (bicyclic) bond motifs is 1. The molecule has 1 aliphatic rings. The average Bonchev–Trinajstić information content (AvgIpc) is 2.53. The number of carbonyl (C=O) groups excluding carboxylic acids is 1. The van der Waals surface area contributed by atoms with Crippen molar-refractivity contribution < 1.29 is 13.2 Å². The maximum atomic E-state index is 12.1. The smallest absolute Gasteiger partial charge is 0.224 e. The van der Waals surface area contributed by atoms with Gasteiger partial charge in [0, 0.05) is 12.1 Å². The topological polar surface area (TPSA) is 63.2 Å². The second-order valence-corrected chi connectivity index (χ2v) is 7.86. The van der Waals surface area contributed by atoms with Gasteiger partial charge in [-0.25, -0.2) is 8.42 Å². The van der Waals surface area contributed by atoms with E-state index >= 15 is 0 Å². The summed E-state index contributed by atoms with van der Waals surface area (Å²) >= 11 is 0. The first-order chi connectivity index (χ1) is 11.0. The first-order valence-electron chi connectivity index (χ1n) is 7.74. The molecule has 0 atom stereocenters. The van der Waals surface area contributed by atoms with Crippen molar-refractivity contribution in [1.29, 1.82) is 0 Å². The molecule has 1 amide bonds. The van der Waals surface area contributed by atoms with Crippen molar-refractivity contribution in [3.8, 4) is 0 Å². The van der Waals surface area contributed by atoms with Crippen LogP contribution in [0.25, 0.3) is 0 Å². The van der Waals surface area contributed by atoms with Crippen LogP contribution in [-0.2, 0) is 27.5 Å². The van der Waals surface area contributed by atoms with Crippen LogP contribution in [-0.4, -0.2) is 20.1 Å². The molecule has 0 unspecified atom stereocenters. The molecule has 4 nitrogen and oxygen atoms in total. The van der Waals surface area contributed by atoms with E-state index in [9.17, 15) is 13.2 Å². The van der Waals surface area contributed by atoms with E-state index < -0.39 is 9.84 Å². The standard InChI is InChI=1S/C18H19NO3S/c20-18(11-8-14-5-2-1-3-6-14)19-16-9-10-17-15(13-16)7-4-12-23(17,21)22/h1-3,5-6,9-10,13H,4,7-8,11-12H2,(H,19,20). The molecular weight excluding hydrogens is 310 g/mol. The molecule has 0 bridgehead atoms. The molecule has 0 saturated carbocycles. The Morgan fingerprint density at radius 3 is 2.65 bits per heavy atom. The van der Waals surface area contributed by atoms with Crippen LogP contribution in [0.15, 0.2) is 53.4 Å². The molecule has 1 aliphatic heterocycles. The Morgan fingerprint density at radius 2 is 1.87 bits per heavy atom. The van der Waals surface area contributed by atoms with Crippen molar-refractivity contribution in [2.24, 2.45) is 0 Å². The molecule has 0 spiro atoms. The quantitative estimate of drug-likeness (QED) is 0.938. The van der Waals surface area contributed by atoms with Crippen LogP contribution in [0.3, 0.4) is 0 Å². The minimum absolute atomic E-state index is 0.0625. The van der Waals surface area contributed by atoms with E-state index in [4.69, 9.17) is 0 Å². The minimum atomic E-state index is -3.15. The maximum absolute atomic E-state index is 12.1. The number of nitrogens with one attached hydrogen (secondary N) is 1. The Kier molecular flexibility index (Phi) is 4.48. The SMILES string of the molecule is O=C(CCc1ccccc1)Nc1ccc2c(c1)CCCS2(=O)=O. The van der Waals surface area contributed by atoms with Crippen LogP contribution in [0.2, 0.25) is 0 Å². The van der Waals surface area contributed by atoms with Crippen molar-refractivity contribution in [2.75, 3.05) is 11.1 Å². The van der Waals surface area contributed by atoms with Crippen LogP contribution in [0.5, 0.6) is 0 Å². The normalized spacial score (nSPS) is 15.7. The number of anilines is 1. The number of benzene rings is 2. The third-order valence-electron chi connectivity index (χ3n) is 4.02. The van der Waals surface area contributed by atoms with Crippen LogP contribution >= 0.6 is 0 Å². The number of rotatable bonds is 4. The number of hydrogen-bond acceptors (Lipinski definition) is 3. The van der Waals surface area contributed by atoms with E-state index in [-0.39, 0.29) is 11.7 Å². The van der Waals surface area contributed by atoms with Crippen molar-refractivity contribution in [1.82, 2.24) is 0 Å². The molecule has 3 rings (SSSR count). The zero-order chi connectivity index (χ0) is 16.3. The molecule has 2 aromatic rings. The lowest BCUT2D eigenvalue weighted by Gasteiger charge is -2.17. The lowest BCUT2D eigenvalue weighted by molar-refractivity contribution is -0.116. The van der Waals surface area contributed by atoms with Gasteiger partial charge in [-0.05, 0) is 48.6 Å². The highest BCUT2D eigenvalue weighted by molar-refractivity contribution is 7.91. The summed E-state index contributed by atoms with van der Waals surface area (Å²) in [6, 6.07) is 14.9. The Hall–Kier alpha value is -2.14. The molecule has 0 radical (unpaired) electrons. The number of hydrogen-bond donors (Lipinski definition) is 1. The molecule has 0 aliphatic carbocycles. The van der Waals surface area contributed by atoms with Gasteiger partial charge < -0.3 is 5.32 Å². The molecule has 0 aromatic heterocycles. The van der Waals surface area contributed by atoms with Crippen LogP contribution in [0.4, 0.5) is 5.69 Å². The second kappa shape index (κ2) is 6.54.